The Balaban J connectivity index is 1.82. The molecule has 1 aromatic carbocycles. The number of allylic oxidation sites excluding steroid dienone is 1. The number of esters is 1. The van der Waals surface area contributed by atoms with Gasteiger partial charge in [-0.15, -0.1) is 0 Å². The Bertz CT molecular complexity index is 598. The Morgan fingerprint density at radius 1 is 1.15 bits per heavy atom. The summed E-state index contributed by atoms with van der Waals surface area (Å²) in [5, 5.41) is 38.4. The molecule has 0 radical (unpaired) electrons. The molecule has 0 aromatic heterocycles. The van der Waals surface area contributed by atoms with E-state index in [1.54, 1.807) is 37.3 Å². The Kier molecular flexibility index (Phi) is 7.70. The van der Waals surface area contributed by atoms with Crippen LogP contribution in [0.2, 0.25) is 0 Å². The number of benzene rings is 1. The summed E-state index contributed by atoms with van der Waals surface area (Å²) in [4.78, 5) is 11.4. The van der Waals surface area contributed by atoms with Crippen LogP contribution in [0.1, 0.15) is 12.5 Å². The number of aliphatic hydroxyl groups is 4. The maximum Gasteiger partial charge on any atom is 0.335 e. The molecule has 1 aromatic rings. The third-order valence-corrected chi connectivity index (χ3v) is 3.97. The third kappa shape index (κ3) is 5.34. The Hall–Kier alpha value is -1.81. The van der Waals surface area contributed by atoms with Gasteiger partial charge in [-0.05, 0) is 31.0 Å². The van der Waals surface area contributed by atoms with Gasteiger partial charge in [-0.2, -0.15) is 0 Å². The molecule has 1 saturated heterocycles. The summed E-state index contributed by atoms with van der Waals surface area (Å²) >= 11 is 0. The van der Waals surface area contributed by atoms with Crippen molar-refractivity contribution >= 4 is 5.97 Å². The second kappa shape index (κ2) is 9.77. The molecular formula is C18H24O8. The molecule has 8 nitrogen and oxygen atoms in total. The first-order chi connectivity index (χ1) is 12.5. The van der Waals surface area contributed by atoms with E-state index in [1.807, 2.05) is 0 Å². The average molecular weight is 368 g/mol. The van der Waals surface area contributed by atoms with Gasteiger partial charge in [-0.25, -0.2) is 4.79 Å². The molecule has 1 aliphatic heterocycles. The molecule has 5 atom stereocenters. The van der Waals surface area contributed by atoms with Crippen LogP contribution >= 0.6 is 0 Å². The van der Waals surface area contributed by atoms with Gasteiger partial charge in [0.25, 0.3) is 0 Å². The molecule has 0 aliphatic carbocycles. The van der Waals surface area contributed by atoms with Crippen LogP contribution in [0.5, 0.6) is 5.75 Å². The van der Waals surface area contributed by atoms with Gasteiger partial charge >= 0.3 is 5.97 Å². The number of hydrogen-bond donors (Lipinski definition) is 4. The zero-order chi connectivity index (χ0) is 19.1. The Morgan fingerprint density at radius 3 is 2.46 bits per heavy atom. The number of carbonyl (C=O) groups is 1. The van der Waals surface area contributed by atoms with Crippen LogP contribution in [0, 0.1) is 0 Å². The highest BCUT2D eigenvalue weighted by atomic mass is 16.7. The number of ether oxygens (including phenoxy) is 3. The smallest absolute Gasteiger partial charge is 0.335 e. The molecule has 0 unspecified atom stereocenters. The van der Waals surface area contributed by atoms with E-state index < -0.39 is 43.3 Å². The number of aliphatic hydroxyl groups excluding tert-OH is 4. The van der Waals surface area contributed by atoms with E-state index in [2.05, 4.69) is 0 Å². The predicted octanol–water partition coefficient (Wildman–Crippen LogP) is -0.473. The molecule has 1 fully saturated rings. The minimum absolute atomic E-state index is 0.181. The highest BCUT2D eigenvalue weighted by Crippen LogP contribution is 2.22. The molecule has 0 bridgehead atoms. The lowest BCUT2D eigenvalue weighted by Crippen LogP contribution is -2.59. The van der Waals surface area contributed by atoms with Crippen LogP contribution in [0.15, 0.2) is 36.4 Å². The van der Waals surface area contributed by atoms with E-state index in [9.17, 15) is 20.1 Å². The van der Waals surface area contributed by atoms with Crippen molar-refractivity contribution in [2.45, 2.75) is 44.1 Å². The fraction of sp³-hybridized carbons (Fsp3) is 0.500. The van der Waals surface area contributed by atoms with E-state index in [0.29, 0.717) is 12.2 Å². The maximum atomic E-state index is 11.4. The van der Waals surface area contributed by atoms with Gasteiger partial charge in [0.2, 0.25) is 0 Å². The van der Waals surface area contributed by atoms with Gasteiger partial charge in [0.15, 0.2) is 6.29 Å². The molecule has 1 aliphatic rings. The molecular weight excluding hydrogens is 344 g/mol. The van der Waals surface area contributed by atoms with Crippen molar-refractivity contribution in [3.05, 3.63) is 42.0 Å². The standard InChI is InChI=1S/C18H24O8/c1-2-3-14(20)25-12-6-4-11(5-7-12)8-9-24-18-17(23)16(22)15(21)13(10-19)26-18/h2-7,13,15-19,21-23H,8-10H2,1H3/b3-2+/t13-,15-,16+,17-,18-/m1/s1. The normalized spacial score (nSPS) is 29.0. The fourth-order valence-corrected chi connectivity index (χ4v) is 2.51. The summed E-state index contributed by atoms with van der Waals surface area (Å²) in [6.07, 6.45) is -3.03. The predicted molar refractivity (Wildman–Crippen MR) is 90.3 cm³/mol. The molecule has 1 heterocycles. The Morgan fingerprint density at radius 2 is 1.85 bits per heavy atom. The molecule has 144 valence electrons. The molecule has 0 saturated carbocycles. The van der Waals surface area contributed by atoms with Crippen LogP contribution < -0.4 is 4.74 Å². The summed E-state index contributed by atoms with van der Waals surface area (Å²) in [6.45, 7) is 1.40. The van der Waals surface area contributed by atoms with E-state index in [0.717, 1.165) is 5.56 Å². The maximum absolute atomic E-state index is 11.4. The number of hydrogen-bond acceptors (Lipinski definition) is 8. The first kappa shape index (κ1) is 20.5. The number of rotatable bonds is 7. The largest absolute Gasteiger partial charge is 0.423 e. The summed E-state index contributed by atoms with van der Waals surface area (Å²) in [6, 6.07) is 6.86. The zero-order valence-corrected chi connectivity index (χ0v) is 14.4. The lowest BCUT2D eigenvalue weighted by atomic mass is 9.99. The number of carbonyl (C=O) groups excluding carboxylic acids is 1. The van der Waals surface area contributed by atoms with E-state index in [1.165, 1.54) is 6.08 Å². The van der Waals surface area contributed by atoms with E-state index in [-0.39, 0.29) is 6.61 Å². The van der Waals surface area contributed by atoms with Gasteiger partial charge in [0, 0.05) is 6.08 Å². The first-order valence-electron chi connectivity index (χ1n) is 8.31. The molecule has 8 heteroatoms. The van der Waals surface area contributed by atoms with Crippen molar-refractivity contribution in [1.29, 1.82) is 0 Å². The lowest BCUT2D eigenvalue weighted by molar-refractivity contribution is -0.300. The monoisotopic (exact) mass is 368 g/mol. The minimum Gasteiger partial charge on any atom is -0.423 e. The van der Waals surface area contributed by atoms with Crippen molar-refractivity contribution < 1.29 is 39.4 Å². The van der Waals surface area contributed by atoms with Crippen LogP contribution in [0.4, 0.5) is 0 Å². The summed E-state index contributed by atoms with van der Waals surface area (Å²) in [5.41, 5.74) is 0.903. The second-order valence-corrected chi connectivity index (χ2v) is 5.88. The highest BCUT2D eigenvalue weighted by molar-refractivity contribution is 5.83. The van der Waals surface area contributed by atoms with Gasteiger partial charge in [-0.3, -0.25) is 0 Å². The molecule has 4 N–H and O–H groups in total. The van der Waals surface area contributed by atoms with Crippen LogP contribution in [0.25, 0.3) is 0 Å². The fourth-order valence-electron chi connectivity index (χ4n) is 2.51. The highest BCUT2D eigenvalue weighted by Gasteiger charge is 2.43. The van der Waals surface area contributed by atoms with Crippen molar-refractivity contribution in [3.63, 3.8) is 0 Å². The zero-order valence-electron chi connectivity index (χ0n) is 14.4. The van der Waals surface area contributed by atoms with Crippen LogP contribution in [-0.4, -0.2) is 70.3 Å². The van der Waals surface area contributed by atoms with E-state index >= 15 is 0 Å². The van der Waals surface area contributed by atoms with Crippen molar-refractivity contribution in [3.8, 4) is 5.75 Å². The molecule has 0 spiro atoms. The third-order valence-electron chi connectivity index (χ3n) is 3.97. The second-order valence-electron chi connectivity index (χ2n) is 5.88. The minimum atomic E-state index is -1.46. The van der Waals surface area contributed by atoms with Gasteiger partial charge in [0.05, 0.1) is 13.2 Å². The quantitative estimate of drug-likeness (QED) is 0.289. The Labute approximate surface area is 151 Å². The topological polar surface area (TPSA) is 126 Å². The van der Waals surface area contributed by atoms with Gasteiger partial charge in [0.1, 0.15) is 30.2 Å². The van der Waals surface area contributed by atoms with E-state index in [4.69, 9.17) is 19.3 Å². The van der Waals surface area contributed by atoms with Crippen LogP contribution in [0.3, 0.4) is 0 Å². The van der Waals surface area contributed by atoms with Crippen molar-refractivity contribution in [2.75, 3.05) is 13.2 Å². The average Bonchev–Trinajstić information content (AvgIpc) is 2.63. The van der Waals surface area contributed by atoms with Crippen molar-refractivity contribution in [1.82, 2.24) is 0 Å². The molecule has 2 rings (SSSR count). The summed E-state index contributed by atoms with van der Waals surface area (Å²) in [5.74, 6) is -0.0297. The lowest BCUT2D eigenvalue weighted by Gasteiger charge is -2.39. The van der Waals surface area contributed by atoms with Gasteiger partial charge < -0.3 is 34.6 Å². The summed E-state index contributed by atoms with van der Waals surface area (Å²) < 4.78 is 15.8. The van der Waals surface area contributed by atoms with Crippen LogP contribution in [-0.2, 0) is 20.7 Å². The van der Waals surface area contributed by atoms with Gasteiger partial charge in [-0.1, -0.05) is 18.2 Å². The summed E-state index contributed by atoms with van der Waals surface area (Å²) in [7, 11) is 0. The first-order valence-corrected chi connectivity index (χ1v) is 8.31. The molecule has 26 heavy (non-hydrogen) atoms. The SMILES string of the molecule is C/C=C/C(=O)Oc1ccc(CCO[C@@H]2O[C@H](CO)[C@@H](O)[C@H](O)[C@H]2O)cc1. The molecule has 0 amide bonds. The van der Waals surface area contributed by atoms with Crippen molar-refractivity contribution in [2.24, 2.45) is 0 Å².